The second kappa shape index (κ2) is 6.81. The first-order valence-corrected chi connectivity index (χ1v) is 7.48. The van der Waals surface area contributed by atoms with Gasteiger partial charge in [0.2, 0.25) is 0 Å². The minimum atomic E-state index is -0.245. The summed E-state index contributed by atoms with van der Waals surface area (Å²) >= 11 is 1.62. The maximum atomic E-state index is 13.0. The van der Waals surface area contributed by atoms with Crippen molar-refractivity contribution in [3.05, 3.63) is 45.7 Å². The van der Waals surface area contributed by atoms with Gasteiger partial charge in [-0.3, -0.25) is 0 Å². The van der Waals surface area contributed by atoms with E-state index in [0.29, 0.717) is 18.4 Å². The topological polar surface area (TPSA) is 34.1 Å². The Bertz CT molecular complexity index is 569. The molecule has 5 heteroatoms. The summed E-state index contributed by atoms with van der Waals surface area (Å²) in [5.74, 6) is 0.451. The van der Waals surface area contributed by atoms with E-state index in [9.17, 15) is 4.39 Å². The standard InChI is InChI=1S/C15H19FN2OS/c1-10(2)17-7-15-18-13(9-20-15)8-19-14-5-4-12(16)6-11(14)3/h4-6,9-10,17H,7-8H2,1-3H3. The van der Waals surface area contributed by atoms with Crippen molar-refractivity contribution < 1.29 is 9.13 Å². The maximum absolute atomic E-state index is 13.0. The Morgan fingerprint density at radius 3 is 2.90 bits per heavy atom. The number of hydrogen-bond acceptors (Lipinski definition) is 4. The van der Waals surface area contributed by atoms with Crippen LogP contribution in [0.3, 0.4) is 0 Å². The van der Waals surface area contributed by atoms with Crippen LogP contribution < -0.4 is 10.1 Å². The fraction of sp³-hybridized carbons (Fsp3) is 0.400. The van der Waals surface area contributed by atoms with Gasteiger partial charge in [0, 0.05) is 18.0 Å². The van der Waals surface area contributed by atoms with Crippen molar-refractivity contribution in [2.75, 3.05) is 0 Å². The van der Waals surface area contributed by atoms with Crippen LogP contribution in [-0.4, -0.2) is 11.0 Å². The van der Waals surface area contributed by atoms with Crippen LogP contribution in [0.2, 0.25) is 0 Å². The van der Waals surface area contributed by atoms with Crippen molar-refractivity contribution in [1.29, 1.82) is 0 Å². The summed E-state index contributed by atoms with van der Waals surface area (Å²) in [6.45, 7) is 7.23. The first kappa shape index (κ1) is 14.9. The predicted octanol–water partition coefficient (Wildman–Crippen LogP) is 3.67. The number of nitrogens with zero attached hydrogens (tertiary/aromatic N) is 1. The van der Waals surface area contributed by atoms with Crippen LogP contribution in [0.25, 0.3) is 0 Å². The predicted molar refractivity (Wildman–Crippen MR) is 79.6 cm³/mol. The molecule has 0 unspecified atom stereocenters. The fourth-order valence-corrected chi connectivity index (χ4v) is 2.44. The van der Waals surface area contributed by atoms with Crippen molar-refractivity contribution in [2.24, 2.45) is 0 Å². The van der Waals surface area contributed by atoms with E-state index in [-0.39, 0.29) is 5.82 Å². The zero-order valence-electron chi connectivity index (χ0n) is 11.9. The first-order chi connectivity index (χ1) is 9.54. The second-order valence-corrected chi connectivity index (χ2v) is 5.91. The Kier molecular flexibility index (Phi) is 5.09. The smallest absolute Gasteiger partial charge is 0.131 e. The molecule has 2 rings (SSSR count). The third-order valence-electron chi connectivity index (χ3n) is 2.77. The Morgan fingerprint density at radius 1 is 1.40 bits per heavy atom. The lowest BCUT2D eigenvalue weighted by atomic mass is 10.2. The van der Waals surface area contributed by atoms with Gasteiger partial charge in [-0.05, 0) is 30.7 Å². The second-order valence-electron chi connectivity index (χ2n) is 4.97. The molecule has 1 aromatic heterocycles. The molecule has 1 aromatic carbocycles. The Balaban J connectivity index is 1.90. The van der Waals surface area contributed by atoms with E-state index in [2.05, 4.69) is 24.1 Å². The number of halogens is 1. The van der Waals surface area contributed by atoms with Crippen molar-refractivity contribution in [2.45, 2.75) is 40.0 Å². The van der Waals surface area contributed by atoms with Gasteiger partial charge in [0.15, 0.2) is 0 Å². The minimum Gasteiger partial charge on any atom is -0.487 e. The molecule has 0 radical (unpaired) electrons. The van der Waals surface area contributed by atoms with Crippen molar-refractivity contribution >= 4 is 11.3 Å². The van der Waals surface area contributed by atoms with Gasteiger partial charge in [0.1, 0.15) is 23.2 Å². The van der Waals surface area contributed by atoms with E-state index in [1.165, 1.54) is 12.1 Å². The summed E-state index contributed by atoms with van der Waals surface area (Å²) in [5.41, 5.74) is 1.70. The largest absolute Gasteiger partial charge is 0.487 e. The molecule has 0 bridgehead atoms. The van der Waals surface area contributed by atoms with Crippen LogP contribution in [0, 0.1) is 12.7 Å². The van der Waals surface area contributed by atoms with Gasteiger partial charge in [0.25, 0.3) is 0 Å². The van der Waals surface area contributed by atoms with E-state index >= 15 is 0 Å². The summed E-state index contributed by atoms with van der Waals surface area (Å²) < 4.78 is 18.7. The van der Waals surface area contributed by atoms with E-state index < -0.39 is 0 Å². The highest BCUT2D eigenvalue weighted by Gasteiger charge is 2.05. The first-order valence-electron chi connectivity index (χ1n) is 6.60. The Labute approximate surface area is 122 Å². The number of thiazole rings is 1. The highest BCUT2D eigenvalue weighted by Crippen LogP contribution is 2.20. The molecule has 0 spiro atoms. The number of ether oxygens (including phenoxy) is 1. The minimum absolute atomic E-state index is 0.245. The summed E-state index contributed by atoms with van der Waals surface area (Å²) in [5, 5.41) is 6.38. The van der Waals surface area contributed by atoms with Gasteiger partial charge < -0.3 is 10.1 Å². The van der Waals surface area contributed by atoms with Gasteiger partial charge in [-0.2, -0.15) is 0 Å². The molecule has 0 aliphatic heterocycles. The molecule has 1 N–H and O–H groups in total. The number of nitrogens with one attached hydrogen (secondary N) is 1. The summed E-state index contributed by atoms with van der Waals surface area (Å²) in [7, 11) is 0. The van der Waals surface area contributed by atoms with Crippen molar-refractivity contribution in [3.63, 3.8) is 0 Å². The van der Waals surface area contributed by atoms with Crippen molar-refractivity contribution in [1.82, 2.24) is 10.3 Å². The van der Waals surface area contributed by atoms with Crippen LogP contribution in [-0.2, 0) is 13.2 Å². The number of benzene rings is 1. The Hall–Kier alpha value is -1.46. The molecule has 0 saturated heterocycles. The molecule has 0 aliphatic carbocycles. The molecule has 0 atom stereocenters. The molecule has 0 saturated carbocycles. The normalized spacial score (nSPS) is 11.1. The number of rotatable bonds is 6. The summed E-state index contributed by atoms with van der Waals surface area (Å²) in [6.07, 6.45) is 0. The zero-order valence-corrected chi connectivity index (χ0v) is 12.8. The van der Waals surface area contributed by atoms with Crippen LogP contribution in [0.15, 0.2) is 23.6 Å². The molecule has 20 heavy (non-hydrogen) atoms. The lowest BCUT2D eigenvalue weighted by Crippen LogP contribution is -2.21. The van der Waals surface area contributed by atoms with Gasteiger partial charge >= 0.3 is 0 Å². The van der Waals surface area contributed by atoms with Crippen LogP contribution >= 0.6 is 11.3 Å². The van der Waals surface area contributed by atoms with E-state index in [0.717, 1.165) is 22.8 Å². The molecule has 108 valence electrons. The van der Waals surface area contributed by atoms with Crippen LogP contribution in [0.5, 0.6) is 5.75 Å². The third-order valence-corrected chi connectivity index (χ3v) is 3.67. The van der Waals surface area contributed by atoms with Gasteiger partial charge in [-0.1, -0.05) is 13.8 Å². The van der Waals surface area contributed by atoms with Crippen LogP contribution in [0.4, 0.5) is 4.39 Å². The molecular weight excluding hydrogens is 275 g/mol. The lowest BCUT2D eigenvalue weighted by Gasteiger charge is -2.07. The van der Waals surface area contributed by atoms with Gasteiger partial charge in [-0.15, -0.1) is 11.3 Å². The van der Waals surface area contributed by atoms with Gasteiger partial charge in [-0.25, -0.2) is 9.37 Å². The summed E-state index contributed by atoms with van der Waals surface area (Å²) in [6, 6.07) is 4.97. The average molecular weight is 294 g/mol. The maximum Gasteiger partial charge on any atom is 0.131 e. The molecule has 0 aliphatic rings. The summed E-state index contributed by atoms with van der Waals surface area (Å²) in [4.78, 5) is 4.50. The highest BCUT2D eigenvalue weighted by atomic mass is 32.1. The van der Waals surface area contributed by atoms with E-state index in [1.807, 2.05) is 12.3 Å². The molecule has 3 nitrogen and oxygen atoms in total. The van der Waals surface area contributed by atoms with E-state index in [4.69, 9.17) is 4.74 Å². The monoisotopic (exact) mass is 294 g/mol. The molecule has 0 amide bonds. The van der Waals surface area contributed by atoms with Gasteiger partial charge in [0.05, 0.1) is 5.69 Å². The van der Waals surface area contributed by atoms with Crippen LogP contribution in [0.1, 0.15) is 30.1 Å². The SMILES string of the molecule is Cc1cc(F)ccc1OCc1csc(CNC(C)C)n1. The number of aromatic nitrogens is 1. The quantitative estimate of drug-likeness (QED) is 0.882. The average Bonchev–Trinajstić information content (AvgIpc) is 2.83. The molecule has 0 fully saturated rings. The highest BCUT2D eigenvalue weighted by molar-refractivity contribution is 7.09. The number of hydrogen-bond donors (Lipinski definition) is 1. The zero-order chi connectivity index (χ0) is 14.5. The molecule has 2 aromatic rings. The van der Waals surface area contributed by atoms with E-state index in [1.54, 1.807) is 17.4 Å². The lowest BCUT2D eigenvalue weighted by molar-refractivity contribution is 0.299. The molecule has 1 heterocycles. The third kappa shape index (κ3) is 4.28. The molecular formula is C15H19FN2OS. The van der Waals surface area contributed by atoms with Crippen molar-refractivity contribution in [3.8, 4) is 5.75 Å². The Morgan fingerprint density at radius 2 is 2.20 bits per heavy atom. The fourth-order valence-electron chi connectivity index (χ4n) is 1.71. The number of aryl methyl sites for hydroxylation is 1.